The molecule has 2 aromatic carbocycles. The Morgan fingerprint density at radius 1 is 1.00 bits per heavy atom. The molecule has 3 nitrogen and oxygen atoms in total. The molecule has 1 aromatic heterocycles. The average Bonchev–Trinajstić information content (AvgIpc) is 2.66. The third-order valence-corrected chi connectivity index (χ3v) is 5.58. The van der Waals surface area contributed by atoms with Crippen molar-refractivity contribution < 1.29 is 23.0 Å². The van der Waals surface area contributed by atoms with Crippen LogP contribution in [0.4, 0.5) is 13.2 Å². The lowest BCUT2D eigenvalue weighted by atomic mass is 9.68. The van der Waals surface area contributed by atoms with E-state index in [-0.39, 0.29) is 5.75 Å². The van der Waals surface area contributed by atoms with Crippen LogP contribution in [0.5, 0.6) is 5.75 Å². The van der Waals surface area contributed by atoms with Crippen molar-refractivity contribution in [3.8, 4) is 16.9 Å². The number of alkyl halides is 3. The molecule has 3 rings (SSSR count). The van der Waals surface area contributed by atoms with Crippen molar-refractivity contribution >= 4 is 11.6 Å². The maximum Gasteiger partial charge on any atom is 0.573 e. The number of ether oxygens (including phenoxy) is 1. The number of halogens is 4. The summed E-state index contributed by atoms with van der Waals surface area (Å²) in [6.07, 6.45) is -1.51. The van der Waals surface area contributed by atoms with Crippen molar-refractivity contribution in [1.29, 1.82) is 0 Å². The monoisotopic (exact) mass is 449 g/mol. The predicted octanol–water partition coefficient (Wildman–Crippen LogP) is 6.89. The molecule has 1 atom stereocenters. The van der Waals surface area contributed by atoms with Gasteiger partial charge >= 0.3 is 6.36 Å². The topological polar surface area (TPSA) is 42.4 Å². The largest absolute Gasteiger partial charge is 0.573 e. The molecule has 0 saturated heterocycles. The van der Waals surface area contributed by atoms with Crippen LogP contribution in [-0.4, -0.2) is 16.5 Å². The Labute approximate surface area is 184 Å². The number of nitrogens with zero attached hydrogens (tertiary/aromatic N) is 1. The van der Waals surface area contributed by atoms with Crippen LogP contribution in [0, 0.1) is 12.3 Å². The van der Waals surface area contributed by atoms with E-state index >= 15 is 0 Å². The lowest BCUT2D eigenvalue weighted by Gasteiger charge is -2.41. The van der Waals surface area contributed by atoms with E-state index in [0.29, 0.717) is 32.8 Å². The Hall–Kier alpha value is -2.57. The molecule has 0 aliphatic heterocycles. The highest BCUT2D eigenvalue weighted by molar-refractivity contribution is 6.31. The van der Waals surface area contributed by atoms with Gasteiger partial charge in [0.05, 0.1) is 0 Å². The van der Waals surface area contributed by atoms with Gasteiger partial charge in [0.1, 0.15) is 11.4 Å². The van der Waals surface area contributed by atoms with Gasteiger partial charge in [-0.15, -0.1) is 13.2 Å². The van der Waals surface area contributed by atoms with Crippen LogP contribution in [0.2, 0.25) is 5.02 Å². The summed E-state index contributed by atoms with van der Waals surface area (Å²) in [5.41, 5.74) is 1.15. The van der Waals surface area contributed by atoms with E-state index in [0.717, 1.165) is 0 Å². The molecule has 0 bridgehead atoms. The first-order valence-electron chi connectivity index (χ1n) is 9.62. The summed E-state index contributed by atoms with van der Waals surface area (Å²) in [5.74, 6) is -0.282. The second-order valence-corrected chi connectivity index (χ2v) is 8.83. The van der Waals surface area contributed by atoms with Crippen molar-refractivity contribution in [2.45, 2.75) is 39.7 Å². The molecule has 0 aliphatic rings. The molecule has 0 saturated carbocycles. The van der Waals surface area contributed by atoms with Crippen LogP contribution >= 0.6 is 11.6 Å². The van der Waals surface area contributed by atoms with Crippen LogP contribution in [0.25, 0.3) is 11.1 Å². The van der Waals surface area contributed by atoms with Crippen molar-refractivity contribution in [3.63, 3.8) is 0 Å². The Kier molecular flexibility index (Phi) is 6.09. The standard InChI is InChI=1S/C24H23ClF3NO2/c1-15-12-18(31-24(26,27)28)8-9-19(15)16-7-10-20(21(25)13-16)23(30,22(2,3)4)17-6-5-11-29-14-17/h5-14,30H,1-4H3. The first kappa shape index (κ1) is 23.1. The lowest BCUT2D eigenvalue weighted by molar-refractivity contribution is -0.274. The zero-order valence-electron chi connectivity index (χ0n) is 17.6. The first-order valence-corrected chi connectivity index (χ1v) is 10.0. The van der Waals surface area contributed by atoms with E-state index in [1.165, 1.54) is 12.1 Å². The summed E-state index contributed by atoms with van der Waals surface area (Å²) >= 11 is 6.64. The van der Waals surface area contributed by atoms with Gasteiger partial charge in [0.2, 0.25) is 0 Å². The molecule has 164 valence electrons. The maximum absolute atomic E-state index is 12.5. The lowest BCUT2D eigenvalue weighted by Crippen LogP contribution is -2.41. The Morgan fingerprint density at radius 2 is 1.71 bits per heavy atom. The summed E-state index contributed by atoms with van der Waals surface area (Å²) in [5, 5.41) is 12.1. The highest BCUT2D eigenvalue weighted by Gasteiger charge is 2.44. The number of aromatic nitrogens is 1. The van der Waals surface area contributed by atoms with Gasteiger partial charge in [0, 0.05) is 28.5 Å². The number of hydrogen-bond acceptors (Lipinski definition) is 3. The number of aryl methyl sites for hydroxylation is 1. The van der Waals surface area contributed by atoms with Gasteiger partial charge in [-0.2, -0.15) is 0 Å². The zero-order chi connectivity index (χ0) is 23.0. The highest BCUT2D eigenvalue weighted by atomic mass is 35.5. The van der Waals surface area contributed by atoms with Gasteiger partial charge in [0.25, 0.3) is 0 Å². The van der Waals surface area contributed by atoms with E-state index in [9.17, 15) is 18.3 Å². The van der Waals surface area contributed by atoms with Crippen molar-refractivity contribution in [2.24, 2.45) is 5.41 Å². The summed E-state index contributed by atoms with van der Waals surface area (Å²) in [6, 6.07) is 12.9. The van der Waals surface area contributed by atoms with E-state index < -0.39 is 17.4 Å². The number of hydrogen-bond donors (Lipinski definition) is 1. The normalized spacial score (nSPS) is 14.2. The van der Waals surface area contributed by atoms with Gasteiger partial charge < -0.3 is 9.84 Å². The number of rotatable bonds is 4. The number of pyridine rings is 1. The molecule has 1 N–H and O–H groups in total. The maximum atomic E-state index is 12.5. The fraction of sp³-hybridized carbons (Fsp3) is 0.292. The zero-order valence-corrected chi connectivity index (χ0v) is 18.3. The molecular formula is C24H23ClF3NO2. The molecule has 1 unspecified atom stereocenters. The minimum atomic E-state index is -4.75. The van der Waals surface area contributed by atoms with Crippen molar-refractivity contribution in [3.05, 3.63) is 82.6 Å². The van der Waals surface area contributed by atoms with Crippen LogP contribution in [0.1, 0.15) is 37.5 Å². The van der Waals surface area contributed by atoms with Gasteiger partial charge in [-0.1, -0.05) is 56.6 Å². The van der Waals surface area contributed by atoms with E-state index in [1.54, 1.807) is 55.7 Å². The van der Waals surface area contributed by atoms with Gasteiger partial charge in [-0.25, -0.2) is 0 Å². The Bertz CT molecular complexity index is 1080. The van der Waals surface area contributed by atoms with Crippen molar-refractivity contribution in [2.75, 3.05) is 0 Å². The molecule has 3 aromatic rings. The molecular weight excluding hydrogens is 427 g/mol. The molecule has 0 spiro atoms. The quantitative estimate of drug-likeness (QED) is 0.471. The molecule has 31 heavy (non-hydrogen) atoms. The number of benzene rings is 2. The summed E-state index contributed by atoms with van der Waals surface area (Å²) in [4.78, 5) is 4.13. The molecule has 0 radical (unpaired) electrons. The molecule has 0 aliphatic carbocycles. The van der Waals surface area contributed by atoms with Crippen LogP contribution in [-0.2, 0) is 5.60 Å². The SMILES string of the molecule is Cc1cc(OC(F)(F)F)ccc1-c1ccc(C(O)(c2cccnc2)C(C)(C)C)c(Cl)c1. The Balaban J connectivity index is 2.05. The summed E-state index contributed by atoms with van der Waals surface area (Å²) in [6.45, 7) is 7.43. The van der Waals surface area contributed by atoms with Gasteiger partial charge in [-0.3, -0.25) is 4.98 Å². The molecule has 0 amide bonds. The van der Waals surface area contributed by atoms with Crippen LogP contribution in [0.15, 0.2) is 60.9 Å². The fourth-order valence-corrected chi connectivity index (χ4v) is 4.02. The average molecular weight is 450 g/mol. The third kappa shape index (κ3) is 4.70. The summed E-state index contributed by atoms with van der Waals surface area (Å²) < 4.78 is 41.4. The van der Waals surface area contributed by atoms with E-state index in [2.05, 4.69) is 9.72 Å². The van der Waals surface area contributed by atoms with Gasteiger partial charge in [0.15, 0.2) is 0 Å². The third-order valence-electron chi connectivity index (χ3n) is 5.27. The first-order chi connectivity index (χ1) is 14.3. The van der Waals surface area contributed by atoms with E-state index in [4.69, 9.17) is 11.6 Å². The van der Waals surface area contributed by atoms with Gasteiger partial charge in [-0.05, 0) is 53.3 Å². The molecule has 7 heteroatoms. The minimum Gasteiger partial charge on any atom is -0.406 e. The summed E-state index contributed by atoms with van der Waals surface area (Å²) in [7, 11) is 0. The minimum absolute atomic E-state index is 0.282. The van der Waals surface area contributed by atoms with Crippen molar-refractivity contribution in [1.82, 2.24) is 4.98 Å². The fourth-order valence-electron chi connectivity index (χ4n) is 3.70. The van der Waals surface area contributed by atoms with Crippen LogP contribution < -0.4 is 4.74 Å². The number of aliphatic hydroxyl groups is 1. The molecule has 1 heterocycles. The second kappa shape index (κ2) is 8.17. The van der Waals surface area contributed by atoms with E-state index in [1.807, 2.05) is 20.8 Å². The molecule has 0 fully saturated rings. The highest BCUT2D eigenvalue weighted by Crippen LogP contribution is 2.47. The Morgan fingerprint density at radius 3 is 2.23 bits per heavy atom. The van der Waals surface area contributed by atoms with Crippen LogP contribution in [0.3, 0.4) is 0 Å². The predicted molar refractivity (Wildman–Crippen MR) is 115 cm³/mol. The second-order valence-electron chi connectivity index (χ2n) is 8.42. The smallest absolute Gasteiger partial charge is 0.406 e.